The minimum Gasteiger partial charge on any atom is -0.474 e. The van der Waals surface area contributed by atoms with Gasteiger partial charge in [-0.05, 0) is 38.7 Å². The van der Waals surface area contributed by atoms with Crippen LogP contribution in [0.2, 0.25) is 0 Å². The fraction of sp³-hybridized carbons (Fsp3) is 0.500. The summed E-state index contributed by atoms with van der Waals surface area (Å²) in [5.74, 6) is 0.779. The van der Waals surface area contributed by atoms with Crippen LogP contribution >= 0.6 is 12.4 Å². The molecule has 1 fully saturated rings. The Morgan fingerprint density at radius 1 is 1.27 bits per heavy atom. The van der Waals surface area contributed by atoms with Crippen molar-refractivity contribution >= 4 is 12.4 Å². The van der Waals surface area contributed by atoms with E-state index in [9.17, 15) is 0 Å². The second kappa shape index (κ2) is 8.15. The number of pyridine rings is 1. The Morgan fingerprint density at radius 2 is 2.05 bits per heavy atom. The first kappa shape index (κ1) is 16.8. The summed E-state index contributed by atoms with van der Waals surface area (Å²) in [4.78, 5) is 4.39. The highest BCUT2D eigenvalue weighted by Gasteiger charge is 2.18. The predicted octanol–water partition coefficient (Wildman–Crippen LogP) is 3.15. The molecule has 120 valence electrons. The predicted molar refractivity (Wildman–Crippen MR) is 88.2 cm³/mol. The lowest BCUT2D eigenvalue weighted by atomic mass is 10.2. The number of hydrogen-bond acceptors (Lipinski definition) is 4. The van der Waals surface area contributed by atoms with E-state index in [4.69, 9.17) is 4.74 Å². The normalized spacial score (nSPS) is 14.8. The van der Waals surface area contributed by atoms with Crippen molar-refractivity contribution in [1.82, 2.24) is 20.5 Å². The van der Waals surface area contributed by atoms with Gasteiger partial charge in [0, 0.05) is 36.1 Å². The van der Waals surface area contributed by atoms with E-state index in [1.807, 2.05) is 19.2 Å². The molecule has 2 heterocycles. The van der Waals surface area contributed by atoms with E-state index < -0.39 is 0 Å². The van der Waals surface area contributed by atoms with Crippen LogP contribution in [0.5, 0.6) is 5.88 Å². The SMILES string of the molecule is Cc1[nH]ncc1CNCc1cccnc1OC1CCCC1.Cl. The Kier molecular flexibility index (Phi) is 6.21. The van der Waals surface area contributed by atoms with E-state index in [1.165, 1.54) is 18.4 Å². The van der Waals surface area contributed by atoms with Crippen molar-refractivity contribution in [1.29, 1.82) is 0 Å². The molecule has 0 spiro atoms. The molecule has 0 aromatic carbocycles. The molecule has 3 rings (SSSR count). The van der Waals surface area contributed by atoms with Crippen molar-refractivity contribution in [2.75, 3.05) is 0 Å². The molecule has 1 aliphatic carbocycles. The molecular weight excluding hydrogens is 300 g/mol. The summed E-state index contributed by atoms with van der Waals surface area (Å²) in [7, 11) is 0. The number of ether oxygens (including phenoxy) is 1. The molecule has 0 radical (unpaired) electrons. The lowest BCUT2D eigenvalue weighted by Crippen LogP contribution is -2.17. The number of aromatic nitrogens is 3. The van der Waals surface area contributed by atoms with Crippen LogP contribution < -0.4 is 10.1 Å². The molecule has 22 heavy (non-hydrogen) atoms. The van der Waals surface area contributed by atoms with E-state index in [1.54, 1.807) is 6.20 Å². The number of aryl methyl sites for hydroxylation is 1. The van der Waals surface area contributed by atoms with Gasteiger partial charge >= 0.3 is 0 Å². The quantitative estimate of drug-likeness (QED) is 0.857. The van der Waals surface area contributed by atoms with Gasteiger partial charge in [-0.1, -0.05) is 6.07 Å². The molecule has 0 aliphatic heterocycles. The minimum absolute atomic E-state index is 0. The third kappa shape index (κ3) is 4.21. The van der Waals surface area contributed by atoms with Crippen LogP contribution in [0.25, 0.3) is 0 Å². The molecule has 0 unspecified atom stereocenters. The van der Waals surface area contributed by atoms with Gasteiger partial charge in [-0.25, -0.2) is 4.98 Å². The second-order valence-electron chi connectivity index (χ2n) is 5.62. The third-order valence-electron chi connectivity index (χ3n) is 4.00. The molecule has 1 saturated carbocycles. The second-order valence-corrected chi connectivity index (χ2v) is 5.62. The molecule has 5 nitrogen and oxygen atoms in total. The summed E-state index contributed by atoms with van der Waals surface area (Å²) in [6.45, 7) is 3.57. The van der Waals surface area contributed by atoms with Crippen LogP contribution in [-0.4, -0.2) is 21.3 Å². The van der Waals surface area contributed by atoms with Gasteiger partial charge in [0.2, 0.25) is 5.88 Å². The van der Waals surface area contributed by atoms with Gasteiger partial charge in [-0.2, -0.15) is 5.10 Å². The summed E-state index contributed by atoms with van der Waals surface area (Å²) in [5, 5.41) is 10.4. The molecule has 6 heteroatoms. The molecule has 0 bridgehead atoms. The van der Waals surface area contributed by atoms with Gasteiger partial charge in [0.25, 0.3) is 0 Å². The molecular formula is C16H23ClN4O. The molecule has 0 atom stereocenters. The van der Waals surface area contributed by atoms with Crippen LogP contribution in [0.3, 0.4) is 0 Å². The van der Waals surface area contributed by atoms with E-state index in [0.717, 1.165) is 43.1 Å². The van der Waals surface area contributed by atoms with E-state index >= 15 is 0 Å². The minimum atomic E-state index is 0. The molecule has 1 aliphatic rings. The molecule has 0 amide bonds. The first-order valence-corrected chi connectivity index (χ1v) is 7.63. The lowest BCUT2D eigenvalue weighted by molar-refractivity contribution is 0.199. The van der Waals surface area contributed by atoms with Gasteiger partial charge in [-0.15, -0.1) is 12.4 Å². The van der Waals surface area contributed by atoms with Crippen LogP contribution in [0.15, 0.2) is 24.5 Å². The zero-order valence-corrected chi connectivity index (χ0v) is 13.7. The number of halogens is 1. The monoisotopic (exact) mass is 322 g/mol. The Bertz CT molecular complexity index is 581. The third-order valence-corrected chi connectivity index (χ3v) is 4.00. The summed E-state index contributed by atoms with van der Waals surface area (Å²) in [6, 6.07) is 4.04. The maximum Gasteiger partial charge on any atom is 0.218 e. The van der Waals surface area contributed by atoms with E-state index in [2.05, 4.69) is 26.6 Å². The maximum absolute atomic E-state index is 6.05. The number of rotatable bonds is 6. The van der Waals surface area contributed by atoms with Crippen molar-refractivity contribution in [2.24, 2.45) is 0 Å². The first-order valence-electron chi connectivity index (χ1n) is 7.63. The van der Waals surface area contributed by atoms with Crippen LogP contribution in [0.1, 0.15) is 42.5 Å². The number of nitrogens with zero attached hydrogens (tertiary/aromatic N) is 2. The van der Waals surface area contributed by atoms with Gasteiger partial charge in [0.15, 0.2) is 0 Å². The van der Waals surface area contributed by atoms with Gasteiger partial charge in [-0.3, -0.25) is 5.10 Å². The van der Waals surface area contributed by atoms with Gasteiger partial charge in [0.1, 0.15) is 6.10 Å². The fourth-order valence-electron chi connectivity index (χ4n) is 2.71. The first-order chi connectivity index (χ1) is 10.3. The molecule has 2 aromatic rings. The number of hydrogen-bond donors (Lipinski definition) is 2. The van der Waals surface area contributed by atoms with Crippen molar-refractivity contribution in [3.05, 3.63) is 41.3 Å². The van der Waals surface area contributed by atoms with Crippen LogP contribution in [0.4, 0.5) is 0 Å². The zero-order chi connectivity index (χ0) is 14.5. The lowest BCUT2D eigenvalue weighted by Gasteiger charge is -2.15. The number of aromatic amines is 1. The zero-order valence-electron chi connectivity index (χ0n) is 12.8. The van der Waals surface area contributed by atoms with Crippen molar-refractivity contribution in [2.45, 2.75) is 51.8 Å². The summed E-state index contributed by atoms with van der Waals surface area (Å²) in [5.41, 5.74) is 3.42. The van der Waals surface area contributed by atoms with Crippen molar-refractivity contribution < 1.29 is 4.74 Å². The largest absolute Gasteiger partial charge is 0.474 e. The average Bonchev–Trinajstić information content (AvgIpc) is 3.13. The number of nitrogens with one attached hydrogen (secondary N) is 2. The van der Waals surface area contributed by atoms with Crippen molar-refractivity contribution in [3.8, 4) is 5.88 Å². The van der Waals surface area contributed by atoms with E-state index in [0.29, 0.717) is 6.10 Å². The summed E-state index contributed by atoms with van der Waals surface area (Å²) in [6.07, 6.45) is 8.84. The maximum atomic E-state index is 6.05. The van der Waals surface area contributed by atoms with Crippen LogP contribution in [0, 0.1) is 6.92 Å². The average molecular weight is 323 g/mol. The highest BCUT2D eigenvalue weighted by Crippen LogP contribution is 2.24. The summed E-state index contributed by atoms with van der Waals surface area (Å²) < 4.78 is 6.05. The highest BCUT2D eigenvalue weighted by molar-refractivity contribution is 5.85. The molecule has 0 saturated heterocycles. The Morgan fingerprint density at radius 3 is 2.77 bits per heavy atom. The van der Waals surface area contributed by atoms with E-state index in [-0.39, 0.29) is 12.4 Å². The molecule has 2 aromatic heterocycles. The standard InChI is InChI=1S/C16H22N4O.ClH/c1-12-14(11-19-20-12)10-17-9-13-5-4-8-18-16(13)21-15-6-2-3-7-15;/h4-5,8,11,15,17H,2-3,6-7,9-10H2,1H3,(H,19,20);1H. The van der Waals surface area contributed by atoms with Crippen LogP contribution in [-0.2, 0) is 13.1 Å². The Balaban J connectivity index is 0.00000176. The van der Waals surface area contributed by atoms with Crippen molar-refractivity contribution in [3.63, 3.8) is 0 Å². The Labute approximate surface area is 137 Å². The Hall–Kier alpha value is -1.59. The molecule has 2 N–H and O–H groups in total. The topological polar surface area (TPSA) is 62.8 Å². The number of H-pyrrole nitrogens is 1. The fourth-order valence-corrected chi connectivity index (χ4v) is 2.71. The smallest absolute Gasteiger partial charge is 0.218 e. The summed E-state index contributed by atoms with van der Waals surface area (Å²) >= 11 is 0. The van der Waals surface area contributed by atoms with Gasteiger partial charge in [0.05, 0.1) is 6.20 Å². The van der Waals surface area contributed by atoms with Gasteiger partial charge < -0.3 is 10.1 Å². The highest BCUT2D eigenvalue weighted by atomic mass is 35.5.